The van der Waals surface area contributed by atoms with E-state index in [2.05, 4.69) is 0 Å². The van der Waals surface area contributed by atoms with E-state index in [1.807, 2.05) is 13.8 Å². The molecule has 0 saturated heterocycles. The zero-order chi connectivity index (χ0) is 13.1. The number of rotatable bonds is 5. The summed E-state index contributed by atoms with van der Waals surface area (Å²) in [6, 6.07) is 0. The summed E-state index contributed by atoms with van der Waals surface area (Å²) in [7, 11) is 0. The maximum Gasteiger partial charge on any atom is 0.309 e. The SMILES string of the molecule is CCOC(=O)CC1CC(C(=O)OCC)C1(C)C. The Morgan fingerprint density at radius 1 is 1.18 bits per heavy atom. The topological polar surface area (TPSA) is 52.6 Å². The molecule has 2 atom stereocenters. The highest BCUT2D eigenvalue weighted by molar-refractivity contribution is 5.76. The van der Waals surface area contributed by atoms with Crippen LogP contribution in [-0.4, -0.2) is 25.2 Å². The summed E-state index contributed by atoms with van der Waals surface area (Å²) in [4.78, 5) is 23.1. The van der Waals surface area contributed by atoms with Gasteiger partial charge in [0, 0.05) is 6.42 Å². The van der Waals surface area contributed by atoms with Gasteiger partial charge in [-0.25, -0.2) is 0 Å². The highest BCUT2D eigenvalue weighted by Crippen LogP contribution is 2.53. The second-order valence-corrected chi connectivity index (χ2v) is 5.07. The van der Waals surface area contributed by atoms with Crippen LogP contribution in [0.25, 0.3) is 0 Å². The van der Waals surface area contributed by atoms with Gasteiger partial charge in [-0.1, -0.05) is 13.8 Å². The normalized spacial score (nSPS) is 25.9. The monoisotopic (exact) mass is 242 g/mol. The Balaban J connectivity index is 2.49. The third kappa shape index (κ3) is 2.99. The standard InChI is InChI=1S/C13H22O4/c1-5-16-11(14)8-9-7-10(13(9,3)4)12(15)17-6-2/h9-10H,5-8H2,1-4H3. The first kappa shape index (κ1) is 14.0. The van der Waals surface area contributed by atoms with Crippen molar-refractivity contribution in [2.75, 3.05) is 13.2 Å². The van der Waals surface area contributed by atoms with Crippen LogP contribution in [-0.2, 0) is 19.1 Å². The Morgan fingerprint density at radius 3 is 2.24 bits per heavy atom. The number of ether oxygens (including phenoxy) is 2. The van der Waals surface area contributed by atoms with Crippen molar-refractivity contribution in [3.63, 3.8) is 0 Å². The molecule has 2 unspecified atom stereocenters. The molecular weight excluding hydrogens is 220 g/mol. The lowest BCUT2D eigenvalue weighted by atomic mass is 9.54. The molecule has 4 heteroatoms. The minimum Gasteiger partial charge on any atom is -0.466 e. The van der Waals surface area contributed by atoms with Crippen molar-refractivity contribution in [3.8, 4) is 0 Å². The molecule has 0 heterocycles. The molecule has 0 spiro atoms. The van der Waals surface area contributed by atoms with Crippen LogP contribution < -0.4 is 0 Å². The lowest BCUT2D eigenvalue weighted by Gasteiger charge is -2.50. The number of hydrogen-bond donors (Lipinski definition) is 0. The lowest BCUT2D eigenvalue weighted by Crippen LogP contribution is -2.50. The average Bonchev–Trinajstić information content (AvgIpc) is 2.24. The van der Waals surface area contributed by atoms with E-state index in [9.17, 15) is 9.59 Å². The molecule has 4 nitrogen and oxygen atoms in total. The average molecular weight is 242 g/mol. The first-order valence-corrected chi connectivity index (χ1v) is 6.25. The molecule has 0 aliphatic heterocycles. The summed E-state index contributed by atoms with van der Waals surface area (Å²) in [5.41, 5.74) is -0.168. The number of hydrogen-bond acceptors (Lipinski definition) is 4. The predicted octanol–water partition coefficient (Wildman–Crippen LogP) is 2.17. The van der Waals surface area contributed by atoms with E-state index in [0.717, 1.165) is 6.42 Å². The summed E-state index contributed by atoms with van der Waals surface area (Å²) in [5.74, 6) is -0.177. The van der Waals surface area contributed by atoms with Crippen LogP contribution >= 0.6 is 0 Å². The zero-order valence-corrected chi connectivity index (χ0v) is 11.1. The van der Waals surface area contributed by atoms with Crippen LogP contribution in [0.15, 0.2) is 0 Å². The van der Waals surface area contributed by atoms with Gasteiger partial charge in [0.2, 0.25) is 0 Å². The molecule has 0 aromatic heterocycles. The third-order valence-electron chi connectivity index (χ3n) is 3.76. The summed E-state index contributed by atoms with van der Waals surface area (Å²) in [6.45, 7) is 8.45. The van der Waals surface area contributed by atoms with Gasteiger partial charge in [0.05, 0.1) is 19.1 Å². The fourth-order valence-electron chi connectivity index (χ4n) is 2.43. The van der Waals surface area contributed by atoms with E-state index in [4.69, 9.17) is 9.47 Å². The largest absolute Gasteiger partial charge is 0.466 e. The summed E-state index contributed by atoms with van der Waals surface area (Å²) in [6.07, 6.45) is 1.13. The van der Waals surface area contributed by atoms with Crippen molar-refractivity contribution in [2.24, 2.45) is 17.3 Å². The minimum atomic E-state index is -0.173. The van der Waals surface area contributed by atoms with Crippen molar-refractivity contribution in [2.45, 2.75) is 40.5 Å². The van der Waals surface area contributed by atoms with Gasteiger partial charge >= 0.3 is 11.9 Å². The maximum absolute atomic E-state index is 11.7. The van der Waals surface area contributed by atoms with Gasteiger partial charge in [-0.15, -0.1) is 0 Å². The predicted molar refractivity (Wildman–Crippen MR) is 63.3 cm³/mol. The van der Waals surface area contributed by atoms with Gasteiger partial charge in [-0.2, -0.15) is 0 Å². The Kier molecular flexibility index (Phi) is 4.54. The molecule has 0 amide bonds. The van der Waals surface area contributed by atoms with Gasteiger partial charge < -0.3 is 9.47 Å². The van der Waals surface area contributed by atoms with E-state index in [0.29, 0.717) is 19.6 Å². The number of esters is 2. The Morgan fingerprint density at radius 2 is 1.76 bits per heavy atom. The van der Waals surface area contributed by atoms with Crippen molar-refractivity contribution < 1.29 is 19.1 Å². The second-order valence-electron chi connectivity index (χ2n) is 5.07. The molecule has 0 radical (unpaired) electrons. The van der Waals surface area contributed by atoms with E-state index in [1.165, 1.54) is 0 Å². The Hall–Kier alpha value is -1.06. The van der Waals surface area contributed by atoms with E-state index in [1.54, 1.807) is 13.8 Å². The van der Waals surface area contributed by atoms with Crippen LogP contribution in [0.4, 0.5) is 0 Å². The minimum absolute atomic E-state index is 0.0816. The first-order valence-electron chi connectivity index (χ1n) is 6.25. The molecule has 1 aliphatic carbocycles. The summed E-state index contributed by atoms with van der Waals surface area (Å²) < 4.78 is 9.96. The molecule has 17 heavy (non-hydrogen) atoms. The van der Waals surface area contributed by atoms with Crippen molar-refractivity contribution in [3.05, 3.63) is 0 Å². The molecule has 0 aromatic carbocycles. The molecule has 1 saturated carbocycles. The molecule has 98 valence electrons. The highest BCUT2D eigenvalue weighted by Gasteiger charge is 2.52. The lowest BCUT2D eigenvalue weighted by molar-refractivity contribution is -0.169. The molecule has 1 rings (SSSR count). The molecule has 1 aliphatic rings. The van der Waals surface area contributed by atoms with Gasteiger partial charge in [-0.05, 0) is 31.6 Å². The maximum atomic E-state index is 11.7. The van der Waals surface area contributed by atoms with Crippen molar-refractivity contribution >= 4 is 11.9 Å². The molecule has 0 aromatic rings. The zero-order valence-electron chi connectivity index (χ0n) is 11.1. The van der Waals surface area contributed by atoms with Gasteiger partial charge in [0.15, 0.2) is 0 Å². The molecule has 0 bridgehead atoms. The highest BCUT2D eigenvalue weighted by atomic mass is 16.5. The van der Waals surface area contributed by atoms with Crippen molar-refractivity contribution in [1.29, 1.82) is 0 Å². The smallest absolute Gasteiger partial charge is 0.309 e. The molecule has 1 fully saturated rings. The van der Waals surface area contributed by atoms with Crippen LogP contribution in [0.5, 0.6) is 0 Å². The first-order chi connectivity index (χ1) is 7.93. The number of carbonyl (C=O) groups is 2. The quantitative estimate of drug-likeness (QED) is 0.693. The van der Waals surface area contributed by atoms with Crippen LogP contribution in [0.1, 0.15) is 40.5 Å². The molecular formula is C13H22O4. The Labute approximate surface area is 103 Å². The van der Waals surface area contributed by atoms with Crippen LogP contribution in [0, 0.1) is 17.3 Å². The number of carbonyl (C=O) groups excluding carboxylic acids is 2. The van der Waals surface area contributed by atoms with Crippen molar-refractivity contribution in [1.82, 2.24) is 0 Å². The summed E-state index contributed by atoms with van der Waals surface area (Å²) in [5, 5.41) is 0. The Bertz CT molecular complexity index is 296. The van der Waals surface area contributed by atoms with Gasteiger partial charge in [0.1, 0.15) is 0 Å². The van der Waals surface area contributed by atoms with Gasteiger partial charge in [-0.3, -0.25) is 9.59 Å². The van der Waals surface area contributed by atoms with E-state index >= 15 is 0 Å². The van der Waals surface area contributed by atoms with E-state index in [-0.39, 0.29) is 29.2 Å². The van der Waals surface area contributed by atoms with Crippen LogP contribution in [0.3, 0.4) is 0 Å². The fourth-order valence-corrected chi connectivity index (χ4v) is 2.43. The molecule has 0 N–H and O–H groups in total. The third-order valence-corrected chi connectivity index (χ3v) is 3.76. The van der Waals surface area contributed by atoms with Gasteiger partial charge in [0.25, 0.3) is 0 Å². The van der Waals surface area contributed by atoms with Crippen LogP contribution in [0.2, 0.25) is 0 Å². The van der Waals surface area contributed by atoms with E-state index < -0.39 is 0 Å². The summed E-state index contributed by atoms with van der Waals surface area (Å²) >= 11 is 0. The second kappa shape index (κ2) is 5.52. The fraction of sp³-hybridized carbons (Fsp3) is 0.846.